The van der Waals surface area contributed by atoms with Crippen LogP contribution in [0.15, 0.2) is 30.3 Å². The van der Waals surface area contributed by atoms with Gasteiger partial charge in [-0.2, -0.15) is 0 Å². The second-order valence-electron chi connectivity index (χ2n) is 6.27. The molecule has 2 aromatic rings. The van der Waals surface area contributed by atoms with Gasteiger partial charge in [0.25, 0.3) is 5.91 Å². The van der Waals surface area contributed by atoms with Crippen LogP contribution in [0.2, 0.25) is 0 Å². The SMILES string of the molecule is Cc1cc(C)c(C(=O)OC(C)C(=O)Nc2ccc(C)c(F)c2)c(C)c1. The largest absolute Gasteiger partial charge is 0.449 e. The fourth-order valence-corrected chi connectivity index (χ4v) is 2.69. The van der Waals surface area contributed by atoms with Gasteiger partial charge in [0.15, 0.2) is 6.10 Å². The van der Waals surface area contributed by atoms with E-state index in [4.69, 9.17) is 4.74 Å². The third-order valence-electron chi connectivity index (χ3n) is 3.97. The van der Waals surface area contributed by atoms with Crippen molar-refractivity contribution in [1.82, 2.24) is 0 Å². The Morgan fingerprint density at radius 1 is 1.00 bits per heavy atom. The van der Waals surface area contributed by atoms with Crippen molar-refractivity contribution in [2.24, 2.45) is 0 Å². The van der Waals surface area contributed by atoms with E-state index in [2.05, 4.69) is 5.32 Å². The number of carbonyl (C=O) groups is 2. The lowest BCUT2D eigenvalue weighted by atomic mass is 10.00. The van der Waals surface area contributed by atoms with Gasteiger partial charge in [0.1, 0.15) is 5.82 Å². The first kappa shape index (κ1) is 18.6. The van der Waals surface area contributed by atoms with Crippen LogP contribution in [0.1, 0.15) is 39.5 Å². The minimum absolute atomic E-state index is 0.318. The van der Waals surface area contributed by atoms with Crippen molar-refractivity contribution in [2.75, 3.05) is 5.32 Å². The molecule has 0 saturated carbocycles. The molecule has 5 heteroatoms. The van der Waals surface area contributed by atoms with Gasteiger partial charge in [0.2, 0.25) is 0 Å². The molecule has 2 aromatic carbocycles. The third-order valence-corrected chi connectivity index (χ3v) is 3.97. The lowest BCUT2D eigenvalue weighted by Gasteiger charge is -2.16. The number of halogens is 1. The van der Waals surface area contributed by atoms with Crippen molar-refractivity contribution < 1.29 is 18.7 Å². The summed E-state index contributed by atoms with van der Waals surface area (Å²) in [6.45, 7) is 8.73. The molecule has 0 radical (unpaired) electrons. The molecule has 0 fully saturated rings. The van der Waals surface area contributed by atoms with Gasteiger partial charge in [-0.3, -0.25) is 4.79 Å². The van der Waals surface area contributed by atoms with Crippen molar-refractivity contribution in [3.63, 3.8) is 0 Å². The van der Waals surface area contributed by atoms with E-state index in [1.807, 2.05) is 32.9 Å². The Morgan fingerprint density at radius 3 is 2.16 bits per heavy atom. The Kier molecular flexibility index (Phi) is 5.57. The highest BCUT2D eigenvalue weighted by atomic mass is 19.1. The maximum atomic E-state index is 13.5. The predicted molar refractivity (Wildman–Crippen MR) is 95.3 cm³/mol. The molecule has 132 valence electrons. The zero-order valence-electron chi connectivity index (χ0n) is 15.1. The minimum Gasteiger partial charge on any atom is -0.449 e. The van der Waals surface area contributed by atoms with Crippen LogP contribution in [0.25, 0.3) is 0 Å². The zero-order chi connectivity index (χ0) is 18.7. The fourth-order valence-electron chi connectivity index (χ4n) is 2.69. The Hall–Kier alpha value is -2.69. The number of anilines is 1. The summed E-state index contributed by atoms with van der Waals surface area (Å²) in [6, 6.07) is 8.18. The van der Waals surface area contributed by atoms with E-state index in [-0.39, 0.29) is 0 Å². The summed E-state index contributed by atoms with van der Waals surface area (Å²) in [5.74, 6) is -1.47. The number of ether oxygens (including phenoxy) is 1. The van der Waals surface area contributed by atoms with Gasteiger partial charge in [-0.15, -0.1) is 0 Å². The van der Waals surface area contributed by atoms with E-state index >= 15 is 0 Å². The van der Waals surface area contributed by atoms with Crippen LogP contribution in [-0.2, 0) is 9.53 Å². The van der Waals surface area contributed by atoms with Crippen molar-refractivity contribution in [1.29, 1.82) is 0 Å². The monoisotopic (exact) mass is 343 g/mol. The number of aryl methyl sites for hydroxylation is 4. The Morgan fingerprint density at radius 2 is 1.60 bits per heavy atom. The summed E-state index contributed by atoms with van der Waals surface area (Å²) in [7, 11) is 0. The number of rotatable bonds is 4. The van der Waals surface area contributed by atoms with E-state index in [1.54, 1.807) is 19.1 Å². The molecule has 0 saturated heterocycles. The van der Waals surface area contributed by atoms with Crippen LogP contribution in [0.4, 0.5) is 10.1 Å². The number of carbonyl (C=O) groups excluding carboxylic acids is 2. The average molecular weight is 343 g/mol. The molecule has 0 aliphatic carbocycles. The lowest BCUT2D eigenvalue weighted by Crippen LogP contribution is -2.30. The second-order valence-corrected chi connectivity index (χ2v) is 6.27. The molecule has 0 bridgehead atoms. The van der Waals surface area contributed by atoms with Crippen LogP contribution in [-0.4, -0.2) is 18.0 Å². The quantitative estimate of drug-likeness (QED) is 0.845. The standard InChI is InChI=1S/C20H22FNO3/c1-11-8-13(3)18(14(4)9-11)20(24)25-15(5)19(23)22-16-7-6-12(2)17(21)10-16/h6-10,15H,1-5H3,(H,22,23). The summed E-state index contributed by atoms with van der Waals surface area (Å²) in [5.41, 5.74) is 3.93. The Balaban J connectivity index is 2.08. The van der Waals surface area contributed by atoms with E-state index in [1.165, 1.54) is 13.0 Å². The number of hydrogen-bond acceptors (Lipinski definition) is 3. The van der Waals surface area contributed by atoms with Crippen LogP contribution < -0.4 is 5.32 Å². The molecule has 0 aliphatic rings. The first-order valence-electron chi connectivity index (χ1n) is 8.05. The molecule has 1 atom stereocenters. The normalized spacial score (nSPS) is 11.8. The van der Waals surface area contributed by atoms with Crippen molar-refractivity contribution >= 4 is 17.6 Å². The highest BCUT2D eigenvalue weighted by Gasteiger charge is 2.21. The van der Waals surface area contributed by atoms with Gasteiger partial charge in [0.05, 0.1) is 5.56 Å². The average Bonchev–Trinajstić information content (AvgIpc) is 2.49. The molecule has 0 heterocycles. The molecule has 1 amide bonds. The lowest BCUT2D eigenvalue weighted by molar-refractivity contribution is -0.123. The summed E-state index contributed by atoms with van der Waals surface area (Å²) in [4.78, 5) is 24.6. The summed E-state index contributed by atoms with van der Waals surface area (Å²) in [6.07, 6.45) is -1.00. The fraction of sp³-hybridized carbons (Fsp3) is 0.300. The summed E-state index contributed by atoms with van der Waals surface area (Å²) in [5, 5.41) is 2.55. The van der Waals surface area contributed by atoms with Gasteiger partial charge in [-0.25, -0.2) is 9.18 Å². The van der Waals surface area contributed by atoms with Gasteiger partial charge in [-0.05, 0) is 63.4 Å². The molecule has 2 rings (SSSR count). The van der Waals surface area contributed by atoms with Crippen LogP contribution >= 0.6 is 0 Å². The Labute approximate surface area is 147 Å². The molecule has 1 unspecified atom stereocenters. The topological polar surface area (TPSA) is 55.4 Å². The molecular weight excluding hydrogens is 321 g/mol. The van der Waals surface area contributed by atoms with Crippen LogP contribution in [0.5, 0.6) is 0 Å². The highest BCUT2D eigenvalue weighted by molar-refractivity contribution is 5.98. The van der Waals surface area contributed by atoms with Crippen molar-refractivity contribution in [3.05, 3.63) is 64.0 Å². The first-order chi connectivity index (χ1) is 11.7. The smallest absolute Gasteiger partial charge is 0.339 e. The molecule has 1 N–H and O–H groups in total. The number of esters is 1. The van der Waals surface area contributed by atoms with E-state index in [9.17, 15) is 14.0 Å². The molecular formula is C20H22FNO3. The van der Waals surface area contributed by atoms with Gasteiger partial charge < -0.3 is 10.1 Å². The molecule has 25 heavy (non-hydrogen) atoms. The van der Waals surface area contributed by atoms with Gasteiger partial charge >= 0.3 is 5.97 Å². The maximum Gasteiger partial charge on any atom is 0.339 e. The second kappa shape index (κ2) is 7.47. The summed E-state index contributed by atoms with van der Waals surface area (Å²) < 4.78 is 18.8. The Bertz CT molecular complexity index is 807. The predicted octanol–water partition coefficient (Wildman–Crippen LogP) is 4.24. The van der Waals surface area contributed by atoms with Crippen molar-refractivity contribution in [2.45, 2.75) is 40.7 Å². The van der Waals surface area contributed by atoms with E-state index in [0.717, 1.165) is 16.7 Å². The van der Waals surface area contributed by atoms with Crippen molar-refractivity contribution in [3.8, 4) is 0 Å². The van der Waals surface area contributed by atoms with E-state index < -0.39 is 23.8 Å². The molecule has 0 spiro atoms. The van der Waals surface area contributed by atoms with Gasteiger partial charge in [-0.1, -0.05) is 23.8 Å². The highest BCUT2D eigenvalue weighted by Crippen LogP contribution is 2.19. The maximum absolute atomic E-state index is 13.5. The van der Waals surface area contributed by atoms with Crippen LogP contribution in [0, 0.1) is 33.5 Å². The van der Waals surface area contributed by atoms with Crippen LogP contribution in [0.3, 0.4) is 0 Å². The number of hydrogen-bond donors (Lipinski definition) is 1. The third kappa shape index (κ3) is 4.44. The molecule has 0 aliphatic heterocycles. The number of benzene rings is 2. The molecule has 0 aromatic heterocycles. The number of amides is 1. The number of nitrogens with one attached hydrogen (secondary N) is 1. The molecule has 4 nitrogen and oxygen atoms in total. The minimum atomic E-state index is -1.00. The zero-order valence-corrected chi connectivity index (χ0v) is 15.1. The summed E-state index contributed by atoms with van der Waals surface area (Å²) >= 11 is 0. The van der Waals surface area contributed by atoms with E-state index in [0.29, 0.717) is 16.8 Å². The van der Waals surface area contributed by atoms with Gasteiger partial charge in [0, 0.05) is 5.69 Å². The first-order valence-corrected chi connectivity index (χ1v) is 8.05.